The van der Waals surface area contributed by atoms with E-state index >= 15 is 0 Å². The van der Waals surface area contributed by atoms with E-state index in [1.165, 1.54) is 0 Å². The summed E-state index contributed by atoms with van der Waals surface area (Å²) in [6, 6.07) is 26.7. The lowest BCUT2D eigenvalue weighted by Gasteiger charge is -2.08. The zero-order chi connectivity index (χ0) is 24.5. The molecule has 35 heavy (non-hydrogen) atoms. The molecule has 0 radical (unpaired) electrons. The van der Waals surface area contributed by atoms with Crippen molar-refractivity contribution in [2.45, 2.75) is 33.0 Å². The van der Waals surface area contributed by atoms with Gasteiger partial charge in [-0.3, -0.25) is 4.79 Å². The lowest BCUT2D eigenvalue weighted by Crippen LogP contribution is -2.06. The third-order valence-electron chi connectivity index (χ3n) is 5.30. The molecule has 0 amide bonds. The van der Waals surface area contributed by atoms with Gasteiger partial charge in [-0.2, -0.15) is 0 Å². The summed E-state index contributed by atoms with van der Waals surface area (Å²) in [5.41, 5.74) is 4.03. The maximum atomic E-state index is 11.0. The Balaban J connectivity index is 1.32. The number of benzene rings is 3. The van der Waals surface area contributed by atoms with E-state index < -0.39 is 5.97 Å². The van der Waals surface area contributed by atoms with Crippen LogP contribution in [0.4, 0.5) is 0 Å². The van der Waals surface area contributed by atoms with Gasteiger partial charge in [0.15, 0.2) is 0 Å². The molecule has 0 atom stereocenters. The molecule has 0 bridgehead atoms. The van der Waals surface area contributed by atoms with E-state index in [-0.39, 0.29) is 13.0 Å². The van der Waals surface area contributed by atoms with Crippen molar-refractivity contribution in [1.29, 1.82) is 0 Å². The maximum absolute atomic E-state index is 11.0. The van der Waals surface area contributed by atoms with Crippen molar-refractivity contribution in [3.63, 3.8) is 0 Å². The Hall–Kier alpha value is -4.39. The fourth-order valence-electron chi connectivity index (χ4n) is 3.38. The molecule has 0 aliphatic rings. The van der Waals surface area contributed by atoms with Crippen molar-refractivity contribution < 1.29 is 23.9 Å². The Morgan fingerprint density at radius 3 is 2.29 bits per heavy atom. The SMILES string of the molecule is Cc1oc(-c2ccccc2)nc1COc1ccc(CO/N=C(/CCC(=O)O)c2ccccc2)cc1. The highest BCUT2D eigenvalue weighted by atomic mass is 16.6. The van der Waals surface area contributed by atoms with Gasteiger partial charge in [-0.1, -0.05) is 65.8 Å². The molecule has 0 aliphatic carbocycles. The Kier molecular flexibility index (Phi) is 7.91. The molecule has 1 N–H and O–H groups in total. The number of ether oxygens (including phenoxy) is 1. The van der Waals surface area contributed by atoms with Gasteiger partial charge in [-0.25, -0.2) is 4.98 Å². The largest absolute Gasteiger partial charge is 0.487 e. The van der Waals surface area contributed by atoms with Crippen LogP contribution in [0.1, 0.15) is 35.4 Å². The molecule has 0 saturated heterocycles. The molecule has 0 fully saturated rings. The molecule has 0 unspecified atom stereocenters. The number of nitrogens with zero attached hydrogens (tertiary/aromatic N) is 2. The molecule has 178 valence electrons. The number of hydrogen-bond acceptors (Lipinski definition) is 6. The zero-order valence-corrected chi connectivity index (χ0v) is 19.4. The predicted molar refractivity (Wildman–Crippen MR) is 132 cm³/mol. The molecular weight excluding hydrogens is 444 g/mol. The molecule has 4 aromatic rings. The molecule has 0 spiro atoms. The molecular formula is C28H26N2O5. The van der Waals surface area contributed by atoms with E-state index in [1.54, 1.807) is 0 Å². The first-order chi connectivity index (χ1) is 17.1. The normalized spacial score (nSPS) is 11.3. The second kappa shape index (κ2) is 11.7. The second-order valence-corrected chi connectivity index (χ2v) is 7.89. The number of oxazole rings is 1. The summed E-state index contributed by atoms with van der Waals surface area (Å²) in [6.07, 6.45) is 0.278. The first-order valence-electron chi connectivity index (χ1n) is 11.3. The van der Waals surface area contributed by atoms with E-state index in [9.17, 15) is 4.79 Å². The summed E-state index contributed by atoms with van der Waals surface area (Å²) in [4.78, 5) is 21.1. The van der Waals surface area contributed by atoms with Gasteiger partial charge in [0.05, 0.1) is 12.1 Å². The minimum Gasteiger partial charge on any atom is -0.487 e. The van der Waals surface area contributed by atoms with E-state index in [4.69, 9.17) is 19.1 Å². The Bertz CT molecular complexity index is 1270. The topological polar surface area (TPSA) is 94.2 Å². The van der Waals surface area contributed by atoms with Crippen LogP contribution in [0.25, 0.3) is 11.5 Å². The van der Waals surface area contributed by atoms with Gasteiger partial charge in [0.2, 0.25) is 5.89 Å². The number of carboxylic acid groups (broad SMARTS) is 1. The van der Waals surface area contributed by atoms with Crippen molar-refractivity contribution in [3.8, 4) is 17.2 Å². The van der Waals surface area contributed by atoms with Crippen LogP contribution < -0.4 is 4.74 Å². The molecule has 1 aromatic heterocycles. The van der Waals surface area contributed by atoms with Crippen LogP contribution in [0.2, 0.25) is 0 Å². The van der Waals surface area contributed by atoms with Crippen molar-refractivity contribution >= 4 is 11.7 Å². The number of carboxylic acids is 1. The van der Waals surface area contributed by atoms with E-state index in [0.29, 0.717) is 30.4 Å². The van der Waals surface area contributed by atoms with Gasteiger partial charge in [-0.15, -0.1) is 0 Å². The highest BCUT2D eigenvalue weighted by Gasteiger charge is 2.12. The van der Waals surface area contributed by atoms with Gasteiger partial charge in [0, 0.05) is 12.0 Å². The van der Waals surface area contributed by atoms with Crippen molar-refractivity contribution in [2.24, 2.45) is 5.16 Å². The molecule has 7 heteroatoms. The number of oxime groups is 1. The average molecular weight is 471 g/mol. The van der Waals surface area contributed by atoms with E-state index in [0.717, 1.165) is 28.1 Å². The average Bonchev–Trinajstić information content (AvgIpc) is 3.27. The summed E-state index contributed by atoms with van der Waals surface area (Å²) in [6.45, 7) is 2.43. The minimum atomic E-state index is -0.874. The van der Waals surface area contributed by atoms with E-state index in [2.05, 4.69) is 10.1 Å². The minimum absolute atomic E-state index is 0.0129. The summed E-state index contributed by atoms with van der Waals surface area (Å²) in [5, 5.41) is 13.2. The fraction of sp³-hybridized carbons (Fsp3) is 0.179. The lowest BCUT2D eigenvalue weighted by molar-refractivity contribution is -0.136. The number of rotatable bonds is 11. The van der Waals surface area contributed by atoms with Gasteiger partial charge < -0.3 is 19.1 Å². The molecule has 0 aliphatic heterocycles. The number of hydrogen-bond donors (Lipinski definition) is 1. The second-order valence-electron chi connectivity index (χ2n) is 7.89. The Morgan fingerprint density at radius 1 is 0.914 bits per heavy atom. The summed E-state index contributed by atoms with van der Waals surface area (Å²) in [5.74, 6) is 1.13. The highest BCUT2D eigenvalue weighted by Crippen LogP contribution is 2.23. The Morgan fingerprint density at radius 2 is 1.60 bits per heavy atom. The monoisotopic (exact) mass is 470 g/mol. The molecule has 0 saturated carbocycles. The molecule has 3 aromatic carbocycles. The van der Waals surface area contributed by atoms with Crippen LogP contribution in [0.5, 0.6) is 5.75 Å². The predicted octanol–water partition coefficient (Wildman–Crippen LogP) is 6.01. The smallest absolute Gasteiger partial charge is 0.303 e. The highest BCUT2D eigenvalue weighted by molar-refractivity contribution is 6.01. The Labute approximate surface area is 203 Å². The van der Waals surface area contributed by atoms with Gasteiger partial charge in [-0.05, 0) is 42.3 Å². The van der Waals surface area contributed by atoms with Crippen LogP contribution in [-0.4, -0.2) is 21.8 Å². The van der Waals surface area contributed by atoms with Crippen molar-refractivity contribution in [3.05, 3.63) is 108 Å². The third kappa shape index (κ3) is 6.80. The fourth-order valence-corrected chi connectivity index (χ4v) is 3.38. The first-order valence-corrected chi connectivity index (χ1v) is 11.3. The summed E-state index contributed by atoms with van der Waals surface area (Å²) in [7, 11) is 0. The summed E-state index contributed by atoms with van der Waals surface area (Å²) < 4.78 is 11.7. The maximum Gasteiger partial charge on any atom is 0.303 e. The standard InChI is InChI=1S/C28H26N2O5/c1-20-26(29-28(35-20)23-10-6-3-7-11-23)19-33-24-14-12-21(13-15-24)18-34-30-25(16-17-27(31)32)22-8-4-2-5-9-22/h2-15H,16-19H2,1H3,(H,31,32)/b30-25-. The van der Waals surface area contributed by atoms with Gasteiger partial charge in [0.1, 0.15) is 30.4 Å². The number of aromatic nitrogens is 1. The quantitative estimate of drug-likeness (QED) is 0.213. The van der Waals surface area contributed by atoms with Crippen LogP contribution in [0.15, 0.2) is 94.5 Å². The van der Waals surface area contributed by atoms with E-state index in [1.807, 2.05) is 91.9 Å². The third-order valence-corrected chi connectivity index (χ3v) is 5.30. The molecule has 4 rings (SSSR count). The van der Waals surface area contributed by atoms with Gasteiger partial charge in [0.25, 0.3) is 0 Å². The number of aryl methyl sites for hydroxylation is 1. The lowest BCUT2D eigenvalue weighted by atomic mass is 10.1. The number of carbonyl (C=O) groups is 1. The van der Waals surface area contributed by atoms with Gasteiger partial charge >= 0.3 is 5.97 Å². The van der Waals surface area contributed by atoms with Crippen molar-refractivity contribution in [1.82, 2.24) is 4.98 Å². The zero-order valence-electron chi connectivity index (χ0n) is 19.4. The van der Waals surface area contributed by atoms with Crippen LogP contribution >= 0.6 is 0 Å². The van der Waals surface area contributed by atoms with Crippen LogP contribution in [0.3, 0.4) is 0 Å². The first kappa shape index (κ1) is 23.8. The van der Waals surface area contributed by atoms with Crippen LogP contribution in [-0.2, 0) is 22.8 Å². The number of aliphatic carboxylic acids is 1. The molecule has 1 heterocycles. The molecule has 7 nitrogen and oxygen atoms in total. The summed E-state index contributed by atoms with van der Waals surface area (Å²) >= 11 is 0. The van der Waals surface area contributed by atoms with Crippen LogP contribution in [0, 0.1) is 6.92 Å². The van der Waals surface area contributed by atoms with Crippen molar-refractivity contribution in [2.75, 3.05) is 0 Å².